The SMILES string of the molecule is CCCCCCC[CH2][Sn+2][CH2]CCCCCCC.CCC[CH2][Sn+2][CH2]CCC.[O-]B(O)O.[O-]B([O-])[O-]. The Labute approximate surface area is 233 Å². The molecule has 0 atom stereocenters. The van der Waals surface area contributed by atoms with Crippen molar-refractivity contribution in [1.29, 1.82) is 0 Å². The fraction of sp³-hybridized carbons (Fsp3) is 1.00. The first-order valence-corrected chi connectivity index (χ1v) is 21.8. The largest absolute Gasteiger partial charge is 0.907 e. The van der Waals surface area contributed by atoms with E-state index in [1.807, 2.05) is 0 Å². The van der Waals surface area contributed by atoms with Gasteiger partial charge in [-0.2, -0.15) is 0 Å². The van der Waals surface area contributed by atoms with Gasteiger partial charge in [-0.15, -0.1) is 0 Å². The van der Waals surface area contributed by atoms with Crippen molar-refractivity contribution in [3.05, 3.63) is 0 Å². The van der Waals surface area contributed by atoms with Crippen LogP contribution in [0.3, 0.4) is 0 Å². The van der Waals surface area contributed by atoms with Gasteiger partial charge in [-0.05, 0) is 0 Å². The molecule has 0 radical (unpaired) electrons. The van der Waals surface area contributed by atoms with Gasteiger partial charge in [-0.1, -0.05) is 0 Å². The molecule has 200 valence electrons. The van der Waals surface area contributed by atoms with Crippen LogP contribution in [-0.4, -0.2) is 67.0 Å². The first kappa shape index (κ1) is 42.6. The summed E-state index contributed by atoms with van der Waals surface area (Å²) in [5, 5.41) is 48.0. The molecule has 0 rings (SSSR count). The van der Waals surface area contributed by atoms with Gasteiger partial charge >= 0.3 is 198 Å². The van der Waals surface area contributed by atoms with E-state index in [-0.39, 0.29) is 42.3 Å². The van der Waals surface area contributed by atoms with E-state index in [2.05, 4.69) is 27.7 Å². The van der Waals surface area contributed by atoms with E-state index in [1.165, 1.54) is 89.9 Å². The van der Waals surface area contributed by atoms with E-state index >= 15 is 0 Å². The molecule has 0 aliphatic rings. The molecule has 6 nitrogen and oxygen atoms in total. The van der Waals surface area contributed by atoms with Gasteiger partial charge in [0.2, 0.25) is 0 Å². The number of unbranched alkanes of at least 4 members (excludes halogenated alkanes) is 12. The van der Waals surface area contributed by atoms with Crippen molar-refractivity contribution < 1.29 is 30.1 Å². The van der Waals surface area contributed by atoms with Crippen molar-refractivity contribution in [2.45, 2.75) is 148 Å². The van der Waals surface area contributed by atoms with E-state index in [0.29, 0.717) is 0 Å². The monoisotopic (exact) mass is 700 g/mol. The van der Waals surface area contributed by atoms with E-state index in [4.69, 9.17) is 30.1 Å². The molecule has 0 aliphatic carbocycles. The predicted octanol–water partition coefficient (Wildman–Crippen LogP) is 2.74. The summed E-state index contributed by atoms with van der Waals surface area (Å²) in [4.78, 5) is 0. The van der Waals surface area contributed by atoms with Crippen molar-refractivity contribution in [3.8, 4) is 0 Å². The van der Waals surface area contributed by atoms with Gasteiger partial charge in [0.15, 0.2) is 0 Å². The third-order valence-corrected chi connectivity index (χ3v) is 12.9. The van der Waals surface area contributed by atoms with Gasteiger partial charge in [-0.25, -0.2) is 0 Å². The van der Waals surface area contributed by atoms with Gasteiger partial charge in [0, 0.05) is 0 Å². The van der Waals surface area contributed by atoms with Crippen LogP contribution in [-0.2, 0) is 0 Å². The Hall–Kier alpha value is 1.49. The zero-order chi connectivity index (χ0) is 26.7. The average Bonchev–Trinajstić information content (AvgIpc) is 2.77. The Morgan fingerprint density at radius 2 is 0.647 bits per heavy atom. The second kappa shape index (κ2) is 44.5. The Morgan fingerprint density at radius 1 is 0.441 bits per heavy atom. The van der Waals surface area contributed by atoms with E-state index in [1.54, 1.807) is 30.6 Å². The van der Waals surface area contributed by atoms with Crippen molar-refractivity contribution >= 4 is 56.9 Å². The molecule has 0 aromatic rings. The van der Waals surface area contributed by atoms with Crippen LogP contribution < -0.4 is 20.1 Å². The normalized spacial score (nSPS) is 9.24. The quantitative estimate of drug-likeness (QED) is 0.149. The van der Waals surface area contributed by atoms with E-state index in [0.717, 1.165) is 0 Å². The molecule has 0 fully saturated rings. The van der Waals surface area contributed by atoms with Crippen molar-refractivity contribution in [2.24, 2.45) is 0 Å². The Kier molecular flexibility index (Phi) is 55.7. The smallest absolute Gasteiger partial charge is 0.339 e. The van der Waals surface area contributed by atoms with Crippen molar-refractivity contribution in [3.63, 3.8) is 0 Å². The summed E-state index contributed by atoms with van der Waals surface area (Å²) in [6.07, 6.45) is 23.7. The Balaban J connectivity index is -0.000000219. The molecule has 0 amide bonds. The molecule has 0 bridgehead atoms. The van der Waals surface area contributed by atoms with E-state index < -0.39 is 14.6 Å². The summed E-state index contributed by atoms with van der Waals surface area (Å²) < 4.78 is 6.56. The third kappa shape index (κ3) is 76.5. The van der Waals surface area contributed by atoms with E-state index in [9.17, 15) is 0 Å². The summed E-state index contributed by atoms with van der Waals surface area (Å²) in [7, 11) is -5.33. The van der Waals surface area contributed by atoms with Crippen LogP contribution in [0.25, 0.3) is 0 Å². The van der Waals surface area contributed by atoms with Crippen LogP contribution in [0.2, 0.25) is 17.7 Å². The summed E-state index contributed by atoms with van der Waals surface area (Å²) in [6.45, 7) is 9.18. The van der Waals surface area contributed by atoms with Crippen LogP contribution in [0, 0.1) is 0 Å². The fourth-order valence-electron chi connectivity index (χ4n) is 2.91. The van der Waals surface area contributed by atoms with Crippen molar-refractivity contribution in [2.75, 3.05) is 0 Å². The summed E-state index contributed by atoms with van der Waals surface area (Å²) in [6, 6.07) is 0. The second-order valence-corrected chi connectivity index (χ2v) is 16.9. The summed E-state index contributed by atoms with van der Waals surface area (Å²) >= 11 is 0.223. The first-order chi connectivity index (χ1) is 16.3. The zero-order valence-corrected chi connectivity index (χ0v) is 28.5. The van der Waals surface area contributed by atoms with Gasteiger partial charge in [-0.3, -0.25) is 7.32 Å². The molecule has 10 heteroatoms. The maximum atomic E-state index is 8.64. The van der Waals surface area contributed by atoms with Crippen LogP contribution in [0.4, 0.5) is 0 Å². The van der Waals surface area contributed by atoms with Gasteiger partial charge in [0.25, 0.3) is 0 Å². The maximum Gasteiger partial charge on any atom is 0.339 e. The molecule has 0 unspecified atom stereocenters. The zero-order valence-electron chi connectivity index (χ0n) is 22.8. The summed E-state index contributed by atoms with van der Waals surface area (Å²) in [5.74, 6) is 0. The second-order valence-electron chi connectivity index (χ2n) is 8.36. The molecule has 0 aromatic heterocycles. The van der Waals surface area contributed by atoms with Gasteiger partial charge in [0.1, 0.15) is 0 Å². The summed E-state index contributed by atoms with van der Waals surface area (Å²) in [5.41, 5.74) is 0. The molecule has 2 N–H and O–H groups in total. The van der Waals surface area contributed by atoms with Gasteiger partial charge < -0.3 is 30.1 Å². The molecule has 0 heterocycles. The van der Waals surface area contributed by atoms with Crippen LogP contribution in [0.1, 0.15) is 130 Å². The average molecular weight is 698 g/mol. The van der Waals surface area contributed by atoms with Crippen LogP contribution >= 0.6 is 0 Å². The standard InChI is InChI=1S/2C8H17.2C4H9.BH2O3.BO3.2Sn/c2*1-3-5-7-8-6-4-2;2*1-3-4-2;2*2-1(3)4;;/h2*1,3-8H2,2H3;2*1,3-4H2,2H3;2-3H;;;/q;;;;-1;-3;2*+2. The molecule has 0 saturated heterocycles. The minimum absolute atomic E-state index is 0.0736. The molecular formula is C24H54B2O6Sn2. The molecular weight excluding hydrogens is 643 g/mol. The van der Waals surface area contributed by atoms with Crippen LogP contribution in [0.5, 0.6) is 0 Å². The fourth-order valence-corrected chi connectivity index (χ4v) is 10.6. The molecule has 0 saturated carbocycles. The van der Waals surface area contributed by atoms with Crippen molar-refractivity contribution in [1.82, 2.24) is 0 Å². The molecule has 0 aliphatic heterocycles. The minimum atomic E-state index is -2.92. The first-order valence-electron chi connectivity index (χ1n) is 13.7. The molecule has 0 spiro atoms. The molecule has 34 heavy (non-hydrogen) atoms. The van der Waals surface area contributed by atoms with Crippen LogP contribution in [0.15, 0.2) is 0 Å². The topological polar surface area (TPSA) is 133 Å². The number of rotatable bonds is 20. The number of hydrogen-bond acceptors (Lipinski definition) is 6. The Bertz CT molecular complexity index is 277. The van der Waals surface area contributed by atoms with Gasteiger partial charge in [0.05, 0.1) is 0 Å². The minimum Gasteiger partial charge on any atom is -0.907 e. The maximum absolute atomic E-state index is 8.64. The third-order valence-electron chi connectivity index (χ3n) is 4.83. The number of hydrogen-bond donors (Lipinski definition) is 2. The molecule has 0 aromatic carbocycles. The Morgan fingerprint density at radius 3 is 0.912 bits per heavy atom. The predicted molar refractivity (Wildman–Crippen MR) is 143 cm³/mol.